The van der Waals surface area contributed by atoms with E-state index in [-0.39, 0.29) is 18.2 Å². The molecule has 2 aromatic carbocycles. The lowest BCUT2D eigenvalue weighted by atomic mass is 10.2. The van der Waals surface area contributed by atoms with Crippen molar-refractivity contribution in [2.75, 3.05) is 12.4 Å². The summed E-state index contributed by atoms with van der Waals surface area (Å²) in [5.74, 6) is 0.168. The molecule has 0 unspecified atom stereocenters. The molecule has 9 heteroatoms. The molecule has 2 aromatic rings. The van der Waals surface area contributed by atoms with Crippen LogP contribution in [0.1, 0.15) is 12.0 Å². The van der Waals surface area contributed by atoms with Crippen molar-refractivity contribution in [3.63, 3.8) is 0 Å². The van der Waals surface area contributed by atoms with E-state index in [1.807, 2.05) is 24.3 Å². The zero-order valence-corrected chi connectivity index (χ0v) is 16.5. The maximum Gasteiger partial charge on any atom is 0.240 e. The molecule has 1 aliphatic rings. The molecule has 7 nitrogen and oxygen atoms in total. The van der Waals surface area contributed by atoms with E-state index in [0.29, 0.717) is 15.9 Å². The predicted octanol–water partition coefficient (Wildman–Crippen LogP) is 3.30. The minimum absolute atomic E-state index is 0.00291. The average Bonchev–Trinajstić information content (AvgIpc) is 3.03. The second-order valence-electron chi connectivity index (χ2n) is 5.75. The number of amides is 2. The van der Waals surface area contributed by atoms with Gasteiger partial charge in [0.25, 0.3) is 0 Å². The van der Waals surface area contributed by atoms with Crippen LogP contribution in [-0.4, -0.2) is 35.6 Å². The summed E-state index contributed by atoms with van der Waals surface area (Å²) in [6.07, 6.45) is 1.57. The number of carbonyl (C=O) groups excluding carboxylic acids is 2. The summed E-state index contributed by atoms with van der Waals surface area (Å²) in [4.78, 5) is 24.2. The van der Waals surface area contributed by atoms with E-state index in [1.54, 1.807) is 37.6 Å². The Balaban J connectivity index is 1.55. The lowest BCUT2D eigenvalue weighted by molar-refractivity contribution is -0.122. The second-order valence-corrected chi connectivity index (χ2v) is 7.35. The number of nitrogens with one attached hydrogen (secondary N) is 2. The fourth-order valence-electron chi connectivity index (χ4n) is 2.36. The van der Waals surface area contributed by atoms with Gasteiger partial charge in [-0.3, -0.25) is 9.59 Å². The Morgan fingerprint density at radius 2 is 2.04 bits per heavy atom. The molecule has 2 amide bonds. The third-order valence-electron chi connectivity index (χ3n) is 3.77. The number of hydrogen-bond donors (Lipinski definition) is 2. The summed E-state index contributed by atoms with van der Waals surface area (Å²) in [7, 11) is 1.60. The number of para-hydroxylation sites is 1. The number of ether oxygens (including phenoxy) is 1. The number of hydrogen-bond acceptors (Lipinski definition) is 6. The minimum Gasteiger partial charge on any atom is -0.497 e. The predicted molar refractivity (Wildman–Crippen MR) is 112 cm³/mol. The molecule has 0 saturated carbocycles. The van der Waals surface area contributed by atoms with Gasteiger partial charge in [0.15, 0.2) is 5.17 Å². The Morgan fingerprint density at radius 3 is 2.75 bits per heavy atom. The van der Waals surface area contributed by atoms with Crippen molar-refractivity contribution in [2.24, 2.45) is 10.2 Å². The fourth-order valence-corrected chi connectivity index (χ4v) is 3.46. The molecule has 0 aliphatic carbocycles. The van der Waals surface area contributed by atoms with Gasteiger partial charge < -0.3 is 15.4 Å². The number of benzene rings is 2. The fraction of sp³-hybridized carbons (Fsp3) is 0.158. The molecule has 144 valence electrons. The second kappa shape index (κ2) is 9.38. The first-order valence-corrected chi connectivity index (χ1v) is 9.58. The Hall–Kier alpha value is -2.84. The number of methoxy groups -OCH3 is 1. The highest BCUT2D eigenvalue weighted by molar-refractivity contribution is 8.15. The largest absolute Gasteiger partial charge is 0.497 e. The van der Waals surface area contributed by atoms with Gasteiger partial charge in [-0.15, -0.1) is 5.10 Å². The van der Waals surface area contributed by atoms with Crippen molar-refractivity contribution in [1.82, 2.24) is 5.32 Å². The first-order chi connectivity index (χ1) is 13.5. The van der Waals surface area contributed by atoms with Crippen LogP contribution in [0.3, 0.4) is 0 Å². The molecule has 1 saturated heterocycles. The standard InChI is InChI=1S/C19H17ClN4O3S/c1-27-13-8-6-12(7-9-13)11-21-24-19-23-18(26)16(28-19)10-17(25)22-15-5-3-2-4-14(15)20/h2-9,11,16H,10H2,1H3,(H,22,25)(H,23,24,26)/b21-11-/t16-/m1/s1. The quantitative estimate of drug-likeness (QED) is 0.558. The summed E-state index contributed by atoms with van der Waals surface area (Å²) in [6.45, 7) is 0. The highest BCUT2D eigenvalue weighted by Crippen LogP contribution is 2.25. The van der Waals surface area contributed by atoms with Crippen LogP contribution in [0, 0.1) is 0 Å². The van der Waals surface area contributed by atoms with Crippen molar-refractivity contribution in [3.8, 4) is 5.75 Å². The first kappa shape index (κ1) is 19.9. The molecule has 1 fully saturated rings. The molecule has 3 rings (SSSR count). The van der Waals surface area contributed by atoms with Gasteiger partial charge in [-0.2, -0.15) is 5.10 Å². The summed E-state index contributed by atoms with van der Waals surface area (Å²) >= 11 is 7.19. The van der Waals surface area contributed by atoms with Crippen molar-refractivity contribution < 1.29 is 14.3 Å². The molecule has 0 spiro atoms. The van der Waals surface area contributed by atoms with Crippen molar-refractivity contribution in [3.05, 3.63) is 59.1 Å². The van der Waals surface area contributed by atoms with E-state index in [4.69, 9.17) is 16.3 Å². The molecule has 1 aliphatic heterocycles. The van der Waals surface area contributed by atoms with Gasteiger partial charge in [-0.25, -0.2) is 0 Å². The number of anilines is 1. The summed E-state index contributed by atoms with van der Waals surface area (Å²) in [6, 6.07) is 14.2. The number of amidine groups is 1. The topological polar surface area (TPSA) is 92.2 Å². The SMILES string of the molecule is COc1ccc(/C=N\N=C2/NC(=O)[C@@H](CC(=O)Nc3ccccc3Cl)S2)cc1. The third-order valence-corrected chi connectivity index (χ3v) is 5.17. The minimum atomic E-state index is -0.572. The Labute approximate surface area is 171 Å². The number of thioether (sulfide) groups is 1. The van der Waals surface area contributed by atoms with Crippen LogP contribution >= 0.6 is 23.4 Å². The molecule has 28 heavy (non-hydrogen) atoms. The van der Waals surface area contributed by atoms with Crippen molar-refractivity contribution in [2.45, 2.75) is 11.7 Å². The van der Waals surface area contributed by atoms with E-state index in [0.717, 1.165) is 23.1 Å². The molecule has 0 bridgehead atoms. The molecular formula is C19H17ClN4O3S. The highest BCUT2D eigenvalue weighted by atomic mass is 35.5. The monoisotopic (exact) mass is 416 g/mol. The van der Waals surface area contributed by atoms with E-state index in [1.165, 1.54) is 0 Å². The summed E-state index contributed by atoms with van der Waals surface area (Å²) in [5.41, 5.74) is 1.35. The van der Waals surface area contributed by atoms with Gasteiger partial charge in [0.2, 0.25) is 11.8 Å². The zero-order chi connectivity index (χ0) is 19.9. The van der Waals surface area contributed by atoms with E-state index < -0.39 is 5.25 Å². The summed E-state index contributed by atoms with van der Waals surface area (Å²) < 4.78 is 5.09. The van der Waals surface area contributed by atoms with Gasteiger partial charge in [-0.1, -0.05) is 35.5 Å². The molecule has 2 N–H and O–H groups in total. The van der Waals surface area contributed by atoms with Crippen LogP contribution in [0.15, 0.2) is 58.7 Å². The lowest BCUT2D eigenvalue weighted by Crippen LogP contribution is -2.28. The van der Waals surface area contributed by atoms with Crippen LogP contribution in [-0.2, 0) is 9.59 Å². The van der Waals surface area contributed by atoms with Crippen LogP contribution in [0.4, 0.5) is 5.69 Å². The van der Waals surface area contributed by atoms with Crippen LogP contribution in [0.25, 0.3) is 0 Å². The van der Waals surface area contributed by atoms with Crippen LogP contribution < -0.4 is 15.4 Å². The number of nitrogens with zero attached hydrogens (tertiary/aromatic N) is 2. The maximum atomic E-state index is 12.2. The van der Waals surface area contributed by atoms with E-state index >= 15 is 0 Å². The van der Waals surface area contributed by atoms with Crippen LogP contribution in [0.5, 0.6) is 5.75 Å². The normalized spacial score (nSPS) is 17.7. The Kier molecular flexibility index (Phi) is 6.67. The Morgan fingerprint density at radius 1 is 1.29 bits per heavy atom. The molecular weight excluding hydrogens is 400 g/mol. The number of carbonyl (C=O) groups is 2. The van der Waals surface area contributed by atoms with Gasteiger partial charge in [0.05, 0.1) is 24.0 Å². The molecule has 1 heterocycles. The van der Waals surface area contributed by atoms with Crippen molar-refractivity contribution in [1.29, 1.82) is 0 Å². The Bertz CT molecular complexity index is 931. The van der Waals surface area contributed by atoms with Gasteiger partial charge >= 0.3 is 0 Å². The number of rotatable bonds is 6. The van der Waals surface area contributed by atoms with Gasteiger partial charge in [-0.05, 0) is 42.0 Å². The third kappa shape index (κ3) is 5.34. The maximum absolute atomic E-state index is 12.2. The molecule has 0 aromatic heterocycles. The first-order valence-electron chi connectivity index (χ1n) is 8.32. The van der Waals surface area contributed by atoms with Crippen molar-refractivity contribution >= 4 is 52.2 Å². The lowest BCUT2D eigenvalue weighted by Gasteiger charge is -2.08. The summed E-state index contributed by atoms with van der Waals surface area (Å²) in [5, 5.41) is 13.5. The van der Waals surface area contributed by atoms with Crippen LogP contribution in [0.2, 0.25) is 5.02 Å². The smallest absolute Gasteiger partial charge is 0.240 e. The highest BCUT2D eigenvalue weighted by Gasteiger charge is 2.32. The van der Waals surface area contributed by atoms with Gasteiger partial charge in [0.1, 0.15) is 11.0 Å². The molecule has 0 radical (unpaired) electrons. The van der Waals surface area contributed by atoms with Gasteiger partial charge in [0, 0.05) is 6.42 Å². The zero-order valence-electron chi connectivity index (χ0n) is 14.9. The molecule has 1 atom stereocenters. The average molecular weight is 417 g/mol. The van der Waals surface area contributed by atoms with E-state index in [2.05, 4.69) is 20.8 Å². The van der Waals surface area contributed by atoms with E-state index in [9.17, 15) is 9.59 Å². The number of halogens is 1.